The fraction of sp³-hybridized carbons (Fsp3) is 0.417. The molecule has 0 unspecified atom stereocenters. The number of aliphatic carboxylic acids is 1. The molecule has 16 heavy (non-hydrogen) atoms. The second-order valence-corrected chi connectivity index (χ2v) is 4.18. The van der Waals surface area contributed by atoms with Crippen molar-refractivity contribution in [2.24, 2.45) is 5.41 Å². The van der Waals surface area contributed by atoms with E-state index in [4.69, 9.17) is 9.84 Å². The van der Waals surface area contributed by atoms with E-state index >= 15 is 0 Å². The molecule has 86 valence electrons. The summed E-state index contributed by atoms with van der Waals surface area (Å²) in [5, 5.41) is 9.07. The molecule has 0 bridgehead atoms. The van der Waals surface area contributed by atoms with Crippen LogP contribution in [-0.4, -0.2) is 17.7 Å². The maximum atomic E-state index is 12.6. The summed E-state index contributed by atoms with van der Waals surface area (Å²) in [7, 11) is 0. The van der Waals surface area contributed by atoms with Gasteiger partial charge in [0.05, 0.1) is 0 Å². The van der Waals surface area contributed by atoms with Crippen molar-refractivity contribution in [3.8, 4) is 5.75 Å². The summed E-state index contributed by atoms with van der Waals surface area (Å²) in [6.45, 7) is 0.161. The molecule has 0 saturated heterocycles. The van der Waals surface area contributed by atoms with Crippen LogP contribution >= 0.6 is 0 Å². The number of halogens is 1. The van der Waals surface area contributed by atoms with Gasteiger partial charge in [0.1, 0.15) is 23.6 Å². The van der Waals surface area contributed by atoms with E-state index < -0.39 is 11.4 Å². The second kappa shape index (κ2) is 4.12. The monoisotopic (exact) mass is 224 g/mol. The normalized spacial score (nSPS) is 17.6. The van der Waals surface area contributed by atoms with Gasteiger partial charge in [-0.15, -0.1) is 0 Å². The second-order valence-electron chi connectivity index (χ2n) is 4.18. The van der Waals surface area contributed by atoms with Crippen molar-refractivity contribution in [3.63, 3.8) is 0 Å². The summed E-state index contributed by atoms with van der Waals surface area (Å²) in [4.78, 5) is 11.0. The minimum absolute atomic E-state index is 0.161. The van der Waals surface area contributed by atoms with Crippen molar-refractivity contribution in [3.05, 3.63) is 30.1 Å². The first kappa shape index (κ1) is 10.9. The Morgan fingerprint density at radius 1 is 1.38 bits per heavy atom. The van der Waals surface area contributed by atoms with Crippen LogP contribution in [-0.2, 0) is 4.79 Å². The Labute approximate surface area is 92.9 Å². The number of carboxylic acid groups (broad SMARTS) is 1. The lowest BCUT2D eigenvalue weighted by atomic mass is 9.69. The van der Waals surface area contributed by atoms with Crippen molar-refractivity contribution in [2.45, 2.75) is 19.3 Å². The average Bonchev–Trinajstić information content (AvgIpc) is 2.18. The molecule has 1 saturated carbocycles. The number of ether oxygens (including phenoxy) is 1. The van der Waals surface area contributed by atoms with Crippen molar-refractivity contribution in [1.29, 1.82) is 0 Å². The van der Waals surface area contributed by atoms with Crippen molar-refractivity contribution >= 4 is 5.97 Å². The lowest BCUT2D eigenvalue weighted by molar-refractivity contribution is -0.157. The van der Waals surface area contributed by atoms with Crippen LogP contribution in [0.25, 0.3) is 0 Å². The number of rotatable bonds is 4. The van der Waals surface area contributed by atoms with E-state index in [0.717, 1.165) is 6.42 Å². The fourth-order valence-corrected chi connectivity index (χ4v) is 1.78. The first-order chi connectivity index (χ1) is 7.62. The SMILES string of the molecule is O=C(O)C1(COc2ccc(F)cc2)CCC1. The molecule has 1 aromatic carbocycles. The zero-order chi connectivity index (χ0) is 11.6. The van der Waals surface area contributed by atoms with Crippen LogP contribution in [0, 0.1) is 11.2 Å². The third-order valence-corrected chi connectivity index (χ3v) is 3.09. The summed E-state index contributed by atoms with van der Waals surface area (Å²) in [5.41, 5.74) is -0.728. The Balaban J connectivity index is 1.96. The Kier molecular flexibility index (Phi) is 2.81. The third kappa shape index (κ3) is 2.01. The predicted octanol–water partition coefficient (Wildman–Crippen LogP) is 2.46. The maximum Gasteiger partial charge on any atom is 0.313 e. The molecule has 0 amide bonds. The molecule has 0 atom stereocenters. The van der Waals surface area contributed by atoms with Gasteiger partial charge in [0, 0.05) is 0 Å². The smallest absolute Gasteiger partial charge is 0.313 e. The van der Waals surface area contributed by atoms with Gasteiger partial charge in [0.15, 0.2) is 0 Å². The predicted molar refractivity (Wildman–Crippen MR) is 55.8 cm³/mol. The summed E-state index contributed by atoms with van der Waals surface area (Å²) < 4.78 is 18.0. The molecule has 1 aliphatic carbocycles. The minimum Gasteiger partial charge on any atom is -0.492 e. The highest BCUT2D eigenvalue weighted by atomic mass is 19.1. The molecule has 0 aliphatic heterocycles. The summed E-state index contributed by atoms with van der Waals surface area (Å²) in [5.74, 6) is -0.626. The number of carbonyl (C=O) groups is 1. The number of hydrogen-bond acceptors (Lipinski definition) is 2. The zero-order valence-electron chi connectivity index (χ0n) is 8.78. The molecule has 3 nitrogen and oxygen atoms in total. The van der Waals surface area contributed by atoms with Gasteiger partial charge in [0.2, 0.25) is 0 Å². The van der Waals surface area contributed by atoms with E-state index in [1.165, 1.54) is 24.3 Å². The molecule has 0 heterocycles. The van der Waals surface area contributed by atoms with Crippen LogP contribution in [0.15, 0.2) is 24.3 Å². The lowest BCUT2D eigenvalue weighted by Crippen LogP contribution is -2.43. The first-order valence-corrected chi connectivity index (χ1v) is 5.24. The Morgan fingerprint density at radius 2 is 2.00 bits per heavy atom. The van der Waals surface area contributed by atoms with Crippen LogP contribution in [0.1, 0.15) is 19.3 Å². The molecule has 1 N–H and O–H groups in total. The molecule has 1 fully saturated rings. The molecule has 1 aromatic rings. The molecule has 2 rings (SSSR count). The van der Waals surface area contributed by atoms with E-state index in [1.807, 2.05) is 0 Å². The van der Waals surface area contributed by atoms with E-state index in [0.29, 0.717) is 18.6 Å². The van der Waals surface area contributed by atoms with Gasteiger partial charge in [0.25, 0.3) is 0 Å². The van der Waals surface area contributed by atoms with Gasteiger partial charge in [-0.25, -0.2) is 4.39 Å². The highest BCUT2D eigenvalue weighted by Gasteiger charge is 2.45. The van der Waals surface area contributed by atoms with Crippen LogP contribution in [0.2, 0.25) is 0 Å². The van der Waals surface area contributed by atoms with Crippen LogP contribution in [0.4, 0.5) is 4.39 Å². The summed E-state index contributed by atoms with van der Waals surface area (Å²) >= 11 is 0. The standard InChI is InChI=1S/C12H13FO3/c13-9-2-4-10(5-3-9)16-8-12(11(14)15)6-1-7-12/h2-5H,1,6-8H2,(H,14,15). The molecule has 0 spiro atoms. The van der Waals surface area contributed by atoms with Gasteiger partial charge in [-0.2, -0.15) is 0 Å². The highest BCUT2D eigenvalue weighted by molar-refractivity contribution is 5.75. The first-order valence-electron chi connectivity index (χ1n) is 5.24. The van der Waals surface area contributed by atoms with Gasteiger partial charge in [-0.3, -0.25) is 4.79 Å². The molecule has 4 heteroatoms. The van der Waals surface area contributed by atoms with Crippen LogP contribution < -0.4 is 4.74 Å². The summed E-state index contributed by atoms with van der Waals surface area (Å²) in [6.07, 6.45) is 2.24. The zero-order valence-corrected chi connectivity index (χ0v) is 8.78. The number of hydrogen-bond donors (Lipinski definition) is 1. The van der Waals surface area contributed by atoms with Crippen molar-refractivity contribution in [1.82, 2.24) is 0 Å². The Morgan fingerprint density at radius 3 is 2.44 bits per heavy atom. The topological polar surface area (TPSA) is 46.5 Å². The third-order valence-electron chi connectivity index (χ3n) is 3.09. The molecule has 0 radical (unpaired) electrons. The van der Waals surface area contributed by atoms with Crippen LogP contribution in [0.3, 0.4) is 0 Å². The van der Waals surface area contributed by atoms with E-state index in [9.17, 15) is 9.18 Å². The van der Waals surface area contributed by atoms with Crippen molar-refractivity contribution in [2.75, 3.05) is 6.61 Å². The van der Waals surface area contributed by atoms with E-state index in [1.54, 1.807) is 0 Å². The Bertz CT molecular complexity index is 382. The highest BCUT2D eigenvalue weighted by Crippen LogP contribution is 2.41. The maximum absolute atomic E-state index is 12.6. The van der Waals surface area contributed by atoms with E-state index in [-0.39, 0.29) is 12.4 Å². The fourth-order valence-electron chi connectivity index (χ4n) is 1.78. The lowest BCUT2D eigenvalue weighted by Gasteiger charge is -2.37. The largest absolute Gasteiger partial charge is 0.492 e. The van der Waals surface area contributed by atoms with Gasteiger partial charge >= 0.3 is 5.97 Å². The molecule has 1 aliphatic rings. The molecular weight excluding hydrogens is 211 g/mol. The van der Waals surface area contributed by atoms with Crippen molar-refractivity contribution < 1.29 is 19.0 Å². The van der Waals surface area contributed by atoms with E-state index in [2.05, 4.69) is 0 Å². The molecule has 0 aromatic heterocycles. The Hall–Kier alpha value is -1.58. The average molecular weight is 224 g/mol. The minimum atomic E-state index is -0.805. The number of carboxylic acids is 1. The van der Waals surface area contributed by atoms with Gasteiger partial charge < -0.3 is 9.84 Å². The van der Waals surface area contributed by atoms with Gasteiger partial charge in [-0.1, -0.05) is 6.42 Å². The van der Waals surface area contributed by atoms with Gasteiger partial charge in [-0.05, 0) is 37.1 Å². The summed E-state index contributed by atoms with van der Waals surface area (Å²) in [6, 6.07) is 5.60. The van der Waals surface area contributed by atoms with Crippen LogP contribution in [0.5, 0.6) is 5.75 Å². The quantitative estimate of drug-likeness (QED) is 0.854. The molecular formula is C12H13FO3. The number of benzene rings is 1.